The molecular weight excluding hydrogens is 242 g/mol. The number of benzene rings is 1. The first-order valence-electron chi connectivity index (χ1n) is 6.54. The number of oxime groups is 1. The summed E-state index contributed by atoms with van der Waals surface area (Å²) in [6, 6.07) is 6.30. The molecule has 0 amide bonds. The predicted molar refractivity (Wildman–Crippen MR) is 74.8 cm³/mol. The van der Waals surface area contributed by atoms with Gasteiger partial charge in [0.25, 0.3) is 0 Å². The van der Waals surface area contributed by atoms with Crippen molar-refractivity contribution in [1.82, 2.24) is 4.90 Å². The molecule has 0 aromatic heterocycles. The highest BCUT2D eigenvalue weighted by atomic mass is 16.5. The Kier molecular flexibility index (Phi) is 4.27. The zero-order valence-corrected chi connectivity index (χ0v) is 11.5. The zero-order valence-electron chi connectivity index (χ0n) is 11.5. The lowest BCUT2D eigenvalue weighted by Gasteiger charge is -2.23. The largest absolute Gasteiger partial charge is 0.493 e. The van der Waals surface area contributed by atoms with Crippen LogP contribution in [0.4, 0.5) is 0 Å². The zero-order chi connectivity index (χ0) is 13.8. The van der Waals surface area contributed by atoms with Gasteiger partial charge >= 0.3 is 0 Å². The first kappa shape index (κ1) is 13.7. The summed E-state index contributed by atoms with van der Waals surface area (Å²) in [6.07, 6.45) is 1.94. The fourth-order valence-electron chi connectivity index (χ4n) is 2.20. The van der Waals surface area contributed by atoms with Crippen molar-refractivity contribution >= 4 is 5.84 Å². The minimum atomic E-state index is -0.0669. The first-order chi connectivity index (χ1) is 9.11. The molecule has 0 saturated heterocycles. The van der Waals surface area contributed by atoms with Crippen molar-refractivity contribution in [2.45, 2.75) is 25.8 Å². The van der Waals surface area contributed by atoms with Crippen LogP contribution in [0.3, 0.4) is 0 Å². The molecular formula is C14H21N3O2. The highest BCUT2D eigenvalue weighted by molar-refractivity contribution is 5.84. The molecule has 0 aliphatic carbocycles. The predicted octanol–water partition coefficient (Wildman–Crippen LogP) is 1.23. The number of nitrogens with zero attached hydrogens (tertiary/aromatic N) is 2. The monoisotopic (exact) mass is 263 g/mol. The maximum atomic E-state index is 8.67. The Labute approximate surface area is 113 Å². The van der Waals surface area contributed by atoms with Crippen LogP contribution in [0.5, 0.6) is 5.75 Å². The van der Waals surface area contributed by atoms with E-state index in [4.69, 9.17) is 15.7 Å². The van der Waals surface area contributed by atoms with Crippen LogP contribution in [0.25, 0.3) is 0 Å². The Morgan fingerprint density at radius 1 is 1.58 bits per heavy atom. The van der Waals surface area contributed by atoms with Crippen molar-refractivity contribution < 1.29 is 9.94 Å². The highest BCUT2D eigenvalue weighted by Gasteiger charge is 2.15. The molecule has 0 radical (unpaired) electrons. The van der Waals surface area contributed by atoms with E-state index in [1.165, 1.54) is 11.1 Å². The van der Waals surface area contributed by atoms with E-state index in [0.29, 0.717) is 0 Å². The van der Waals surface area contributed by atoms with Gasteiger partial charge in [0.05, 0.1) is 12.6 Å². The molecule has 1 aromatic carbocycles. The summed E-state index contributed by atoms with van der Waals surface area (Å²) in [5.41, 5.74) is 8.19. The second kappa shape index (κ2) is 5.93. The SMILES string of the molecule is CC(C(N)=NO)N(C)CCc1ccc2c(c1)CCO2. The molecule has 0 bridgehead atoms. The molecule has 5 heteroatoms. The number of likely N-dealkylation sites (N-methyl/N-ethyl adjacent to an activating group) is 1. The molecule has 104 valence electrons. The smallest absolute Gasteiger partial charge is 0.156 e. The Morgan fingerprint density at radius 3 is 3.11 bits per heavy atom. The average Bonchev–Trinajstić information content (AvgIpc) is 2.90. The number of fused-ring (bicyclic) bond motifs is 1. The molecule has 2 rings (SSSR count). The summed E-state index contributed by atoms with van der Waals surface area (Å²) in [6.45, 7) is 3.57. The summed E-state index contributed by atoms with van der Waals surface area (Å²) in [5.74, 6) is 1.26. The van der Waals surface area contributed by atoms with Gasteiger partial charge in [-0.05, 0) is 37.6 Å². The van der Waals surface area contributed by atoms with Crippen molar-refractivity contribution in [3.8, 4) is 5.75 Å². The second-order valence-electron chi connectivity index (χ2n) is 4.97. The maximum absolute atomic E-state index is 8.67. The summed E-state index contributed by atoms with van der Waals surface area (Å²) < 4.78 is 5.49. The standard InChI is InChI=1S/C14H21N3O2/c1-10(14(15)16-18)17(2)7-5-11-3-4-13-12(9-11)6-8-19-13/h3-4,9-10,18H,5-8H2,1-2H3,(H2,15,16). The molecule has 1 aliphatic rings. The normalized spacial score (nSPS) is 16.3. The van der Waals surface area contributed by atoms with Crippen LogP contribution in [0.1, 0.15) is 18.1 Å². The van der Waals surface area contributed by atoms with E-state index in [0.717, 1.165) is 31.7 Å². The lowest BCUT2D eigenvalue weighted by atomic mass is 10.1. The third kappa shape index (κ3) is 3.17. The van der Waals surface area contributed by atoms with Gasteiger partial charge in [0.1, 0.15) is 5.75 Å². The van der Waals surface area contributed by atoms with Crippen LogP contribution in [0, 0.1) is 0 Å². The molecule has 1 unspecified atom stereocenters. The fourth-order valence-corrected chi connectivity index (χ4v) is 2.20. The van der Waals surface area contributed by atoms with Gasteiger partial charge in [-0.2, -0.15) is 0 Å². The van der Waals surface area contributed by atoms with E-state index in [1.54, 1.807) is 0 Å². The third-order valence-electron chi connectivity index (χ3n) is 3.71. The van der Waals surface area contributed by atoms with Gasteiger partial charge in [0, 0.05) is 13.0 Å². The molecule has 1 aliphatic heterocycles. The van der Waals surface area contributed by atoms with Gasteiger partial charge in [-0.1, -0.05) is 17.3 Å². The van der Waals surface area contributed by atoms with Crippen LogP contribution in [0.2, 0.25) is 0 Å². The van der Waals surface area contributed by atoms with E-state index < -0.39 is 0 Å². The molecule has 1 aromatic rings. The van der Waals surface area contributed by atoms with Crippen LogP contribution in [-0.4, -0.2) is 42.2 Å². The van der Waals surface area contributed by atoms with E-state index >= 15 is 0 Å². The lowest BCUT2D eigenvalue weighted by molar-refractivity contribution is 0.286. The number of hydrogen-bond acceptors (Lipinski definition) is 4. The van der Waals surface area contributed by atoms with Crippen LogP contribution < -0.4 is 10.5 Å². The molecule has 1 atom stereocenters. The number of rotatable bonds is 5. The summed E-state index contributed by atoms with van der Waals surface area (Å²) in [7, 11) is 1.97. The van der Waals surface area contributed by atoms with Crippen LogP contribution in [0.15, 0.2) is 23.4 Å². The van der Waals surface area contributed by atoms with Crippen molar-refractivity contribution in [1.29, 1.82) is 0 Å². The summed E-state index contributed by atoms with van der Waals surface area (Å²) in [5, 5.41) is 11.7. The number of hydrogen-bond donors (Lipinski definition) is 2. The highest BCUT2D eigenvalue weighted by Crippen LogP contribution is 2.26. The lowest BCUT2D eigenvalue weighted by Crippen LogP contribution is -2.41. The summed E-state index contributed by atoms with van der Waals surface area (Å²) in [4.78, 5) is 2.07. The van der Waals surface area contributed by atoms with Gasteiger partial charge < -0.3 is 15.7 Å². The average molecular weight is 263 g/mol. The molecule has 0 spiro atoms. The van der Waals surface area contributed by atoms with Gasteiger partial charge in [0.15, 0.2) is 5.84 Å². The van der Waals surface area contributed by atoms with Gasteiger partial charge in [-0.15, -0.1) is 0 Å². The maximum Gasteiger partial charge on any atom is 0.156 e. The second-order valence-corrected chi connectivity index (χ2v) is 4.97. The third-order valence-corrected chi connectivity index (χ3v) is 3.71. The molecule has 1 heterocycles. The van der Waals surface area contributed by atoms with E-state index in [2.05, 4.69) is 22.2 Å². The molecule has 19 heavy (non-hydrogen) atoms. The quantitative estimate of drug-likeness (QED) is 0.363. The van der Waals surface area contributed by atoms with E-state index in [1.807, 2.05) is 20.0 Å². The Hall–Kier alpha value is -1.75. The molecule has 0 saturated carbocycles. The van der Waals surface area contributed by atoms with E-state index in [9.17, 15) is 0 Å². The number of nitrogens with two attached hydrogens (primary N) is 1. The number of ether oxygens (including phenoxy) is 1. The molecule has 5 nitrogen and oxygen atoms in total. The molecule has 0 fully saturated rings. The summed E-state index contributed by atoms with van der Waals surface area (Å²) >= 11 is 0. The first-order valence-corrected chi connectivity index (χ1v) is 6.54. The van der Waals surface area contributed by atoms with Crippen LogP contribution >= 0.6 is 0 Å². The minimum absolute atomic E-state index is 0.0669. The van der Waals surface area contributed by atoms with Crippen molar-refractivity contribution in [2.24, 2.45) is 10.9 Å². The van der Waals surface area contributed by atoms with Gasteiger partial charge in [-0.25, -0.2) is 0 Å². The van der Waals surface area contributed by atoms with E-state index in [-0.39, 0.29) is 11.9 Å². The van der Waals surface area contributed by atoms with Crippen LogP contribution in [-0.2, 0) is 12.8 Å². The van der Waals surface area contributed by atoms with Gasteiger partial charge in [-0.3, -0.25) is 4.90 Å². The molecule has 3 N–H and O–H groups in total. The Morgan fingerprint density at radius 2 is 2.37 bits per heavy atom. The van der Waals surface area contributed by atoms with Crippen molar-refractivity contribution in [3.05, 3.63) is 29.3 Å². The number of amidine groups is 1. The van der Waals surface area contributed by atoms with Gasteiger partial charge in [0.2, 0.25) is 0 Å². The fraction of sp³-hybridized carbons (Fsp3) is 0.500. The topological polar surface area (TPSA) is 71.1 Å². The Bertz CT molecular complexity index is 474. The Balaban J connectivity index is 1.92. The van der Waals surface area contributed by atoms with Crippen molar-refractivity contribution in [2.75, 3.05) is 20.2 Å². The van der Waals surface area contributed by atoms with Crippen molar-refractivity contribution in [3.63, 3.8) is 0 Å². The minimum Gasteiger partial charge on any atom is -0.493 e.